The Labute approximate surface area is 139 Å². The third-order valence-electron chi connectivity index (χ3n) is 2.74. The van der Waals surface area contributed by atoms with Gasteiger partial charge >= 0.3 is 12.3 Å². The van der Waals surface area contributed by atoms with Gasteiger partial charge in [0.15, 0.2) is 5.17 Å². The standard InChI is InChI=1S/C15H10ClF3N2O3/c16-13(9-1-3-10(4-2-9)14(22)23)21-20-11-5-7-12(8-6-11)24-15(17,18)19/h1-8,20H,(H,22,23)/b21-13+. The van der Waals surface area contributed by atoms with Crippen molar-refractivity contribution in [2.24, 2.45) is 5.10 Å². The fourth-order valence-corrected chi connectivity index (χ4v) is 1.83. The smallest absolute Gasteiger partial charge is 0.478 e. The molecule has 2 aromatic rings. The summed E-state index contributed by atoms with van der Waals surface area (Å²) in [6.45, 7) is 0. The van der Waals surface area contributed by atoms with Crippen molar-refractivity contribution in [1.82, 2.24) is 0 Å². The third kappa shape index (κ3) is 5.17. The zero-order chi connectivity index (χ0) is 17.7. The second-order valence-electron chi connectivity index (χ2n) is 4.47. The molecule has 0 aromatic heterocycles. The van der Waals surface area contributed by atoms with E-state index in [1.807, 2.05) is 0 Å². The highest BCUT2D eigenvalue weighted by Gasteiger charge is 2.30. The van der Waals surface area contributed by atoms with E-state index < -0.39 is 12.3 Å². The van der Waals surface area contributed by atoms with E-state index in [0.717, 1.165) is 12.1 Å². The van der Waals surface area contributed by atoms with E-state index in [1.54, 1.807) is 0 Å². The lowest BCUT2D eigenvalue weighted by Crippen LogP contribution is -2.16. The van der Waals surface area contributed by atoms with Crippen LogP contribution in [0.1, 0.15) is 15.9 Å². The minimum absolute atomic E-state index is 0.0579. The highest BCUT2D eigenvalue weighted by Crippen LogP contribution is 2.24. The van der Waals surface area contributed by atoms with E-state index >= 15 is 0 Å². The molecule has 9 heteroatoms. The van der Waals surface area contributed by atoms with E-state index in [1.165, 1.54) is 36.4 Å². The number of halogens is 4. The first-order valence-corrected chi connectivity index (χ1v) is 6.81. The molecule has 0 radical (unpaired) electrons. The molecule has 2 N–H and O–H groups in total. The predicted octanol–water partition coefficient (Wildman–Crippen LogP) is 4.30. The van der Waals surface area contributed by atoms with Gasteiger partial charge in [0.05, 0.1) is 11.3 Å². The molecule has 0 atom stereocenters. The first-order chi connectivity index (χ1) is 11.2. The van der Waals surface area contributed by atoms with Gasteiger partial charge in [-0.05, 0) is 36.4 Å². The average Bonchev–Trinajstić information content (AvgIpc) is 2.52. The third-order valence-corrected chi connectivity index (χ3v) is 3.04. The van der Waals surface area contributed by atoms with Gasteiger partial charge in [-0.1, -0.05) is 23.7 Å². The van der Waals surface area contributed by atoms with Gasteiger partial charge in [0.25, 0.3) is 0 Å². The zero-order valence-electron chi connectivity index (χ0n) is 11.8. The van der Waals surface area contributed by atoms with E-state index in [2.05, 4.69) is 15.3 Å². The van der Waals surface area contributed by atoms with Gasteiger partial charge in [0, 0.05) is 5.56 Å². The molecule has 0 saturated heterocycles. The van der Waals surface area contributed by atoms with E-state index in [9.17, 15) is 18.0 Å². The van der Waals surface area contributed by atoms with E-state index in [4.69, 9.17) is 16.7 Å². The number of rotatable bonds is 5. The summed E-state index contributed by atoms with van der Waals surface area (Å²) >= 11 is 5.97. The number of benzene rings is 2. The molecule has 126 valence electrons. The Morgan fingerprint density at radius 3 is 2.08 bits per heavy atom. The van der Waals surface area contributed by atoms with Crippen molar-refractivity contribution in [3.05, 3.63) is 59.7 Å². The average molecular weight is 359 g/mol. The van der Waals surface area contributed by atoms with Gasteiger partial charge in [-0.2, -0.15) is 5.10 Å². The zero-order valence-corrected chi connectivity index (χ0v) is 12.6. The number of hydrogen-bond donors (Lipinski definition) is 2. The number of carboxylic acids is 1. The number of aromatic carboxylic acids is 1. The maximum Gasteiger partial charge on any atom is 0.573 e. The van der Waals surface area contributed by atoms with Crippen molar-refractivity contribution in [3.63, 3.8) is 0 Å². The fourth-order valence-electron chi connectivity index (χ4n) is 1.66. The molecule has 0 spiro atoms. The number of anilines is 1. The number of alkyl halides is 3. The van der Waals surface area contributed by atoms with Crippen LogP contribution in [0.15, 0.2) is 53.6 Å². The van der Waals surface area contributed by atoms with Crippen molar-refractivity contribution in [2.75, 3.05) is 5.43 Å². The molecule has 0 bridgehead atoms. The molecular weight excluding hydrogens is 349 g/mol. The van der Waals surface area contributed by atoms with Crippen LogP contribution >= 0.6 is 11.6 Å². The Bertz CT molecular complexity index is 744. The number of carboxylic acid groups (broad SMARTS) is 1. The Morgan fingerprint density at radius 2 is 1.58 bits per heavy atom. The molecule has 24 heavy (non-hydrogen) atoms. The van der Waals surface area contributed by atoms with Gasteiger partial charge in [-0.25, -0.2) is 4.79 Å². The highest BCUT2D eigenvalue weighted by molar-refractivity contribution is 6.69. The van der Waals surface area contributed by atoms with Gasteiger partial charge < -0.3 is 9.84 Å². The predicted molar refractivity (Wildman–Crippen MR) is 82.5 cm³/mol. The number of carbonyl (C=O) groups is 1. The Kier molecular flexibility index (Phi) is 5.30. The summed E-state index contributed by atoms with van der Waals surface area (Å²) in [5, 5.41) is 12.7. The lowest BCUT2D eigenvalue weighted by Gasteiger charge is -2.09. The Hall–Kier alpha value is -2.74. The summed E-state index contributed by atoms with van der Waals surface area (Å²) in [7, 11) is 0. The molecule has 2 rings (SSSR count). The van der Waals surface area contributed by atoms with Gasteiger partial charge in [0.2, 0.25) is 0 Å². The molecular formula is C15H10ClF3N2O3. The molecule has 0 aliphatic heterocycles. The molecule has 0 aliphatic carbocycles. The van der Waals surface area contributed by atoms with E-state index in [-0.39, 0.29) is 16.5 Å². The van der Waals surface area contributed by atoms with Crippen molar-refractivity contribution < 1.29 is 27.8 Å². The molecule has 0 saturated carbocycles. The molecule has 0 heterocycles. The molecule has 0 fully saturated rings. The number of ether oxygens (including phenoxy) is 1. The number of hydrogen-bond acceptors (Lipinski definition) is 4. The SMILES string of the molecule is O=C(O)c1ccc(/C(Cl)=N\Nc2ccc(OC(F)(F)F)cc2)cc1. The number of nitrogens with zero attached hydrogens (tertiary/aromatic N) is 1. The maximum atomic E-state index is 12.0. The summed E-state index contributed by atoms with van der Waals surface area (Å²) in [4.78, 5) is 10.8. The van der Waals surface area contributed by atoms with Crippen molar-refractivity contribution >= 4 is 28.4 Å². The second-order valence-corrected chi connectivity index (χ2v) is 4.83. The number of nitrogens with one attached hydrogen (secondary N) is 1. The van der Waals surface area contributed by atoms with Crippen molar-refractivity contribution in [3.8, 4) is 5.75 Å². The van der Waals surface area contributed by atoms with Crippen LogP contribution in [0.25, 0.3) is 0 Å². The minimum Gasteiger partial charge on any atom is -0.478 e. The van der Waals surface area contributed by atoms with E-state index in [0.29, 0.717) is 11.3 Å². The lowest BCUT2D eigenvalue weighted by molar-refractivity contribution is -0.274. The summed E-state index contributed by atoms with van der Waals surface area (Å²) < 4.78 is 39.9. The second kappa shape index (κ2) is 7.22. The first-order valence-electron chi connectivity index (χ1n) is 6.43. The van der Waals surface area contributed by atoms with Gasteiger partial charge in [-0.15, -0.1) is 13.2 Å². The highest BCUT2D eigenvalue weighted by atomic mass is 35.5. The van der Waals surface area contributed by atoms with Crippen LogP contribution in [-0.4, -0.2) is 22.6 Å². The van der Waals surface area contributed by atoms with Crippen LogP contribution in [0.3, 0.4) is 0 Å². The quantitative estimate of drug-likeness (QED) is 0.617. The van der Waals surface area contributed by atoms with Gasteiger partial charge in [0.1, 0.15) is 5.75 Å². The summed E-state index contributed by atoms with van der Waals surface area (Å²) in [5.41, 5.74) is 3.55. The summed E-state index contributed by atoms with van der Waals surface area (Å²) in [5.74, 6) is -1.42. The maximum absolute atomic E-state index is 12.0. The van der Waals surface area contributed by atoms with Crippen molar-refractivity contribution in [1.29, 1.82) is 0 Å². The molecule has 2 aromatic carbocycles. The fraction of sp³-hybridized carbons (Fsp3) is 0.0667. The van der Waals surface area contributed by atoms with Gasteiger partial charge in [-0.3, -0.25) is 5.43 Å². The molecule has 0 aliphatic rings. The van der Waals surface area contributed by atoms with Crippen LogP contribution in [0, 0.1) is 0 Å². The molecule has 0 amide bonds. The number of hydrazone groups is 1. The molecule has 0 unspecified atom stereocenters. The van der Waals surface area contributed by atoms with Crippen LogP contribution in [0.4, 0.5) is 18.9 Å². The summed E-state index contributed by atoms with van der Waals surface area (Å²) in [6.07, 6.45) is -4.75. The topological polar surface area (TPSA) is 70.9 Å². The lowest BCUT2D eigenvalue weighted by atomic mass is 10.1. The minimum atomic E-state index is -4.75. The molecule has 5 nitrogen and oxygen atoms in total. The Balaban J connectivity index is 2.02. The Morgan fingerprint density at radius 1 is 1.04 bits per heavy atom. The normalized spacial score (nSPS) is 11.9. The summed E-state index contributed by atoms with van der Waals surface area (Å²) in [6, 6.07) is 10.6. The van der Waals surface area contributed by atoms with Crippen LogP contribution in [-0.2, 0) is 0 Å². The monoisotopic (exact) mass is 358 g/mol. The van der Waals surface area contributed by atoms with Crippen LogP contribution in [0.2, 0.25) is 0 Å². The van der Waals surface area contributed by atoms with Crippen molar-refractivity contribution in [2.45, 2.75) is 6.36 Å². The first kappa shape index (κ1) is 17.6. The van der Waals surface area contributed by atoms with Crippen LogP contribution in [0.5, 0.6) is 5.75 Å². The largest absolute Gasteiger partial charge is 0.573 e. The van der Waals surface area contributed by atoms with Crippen LogP contribution < -0.4 is 10.2 Å².